The maximum atomic E-state index is 5.21. The fourth-order valence-electron chi connectivity index (χ4n) is 4.31. The van der Waals surface area contributed by atoms with Gasteiger partial charge in [-0.15, -0.1) is 27.2 Å². The molecule has 0 amide bonds. The van der Waals surface area contributed by atoms with Crippen molar-refractivity contribution in [2.75, 3.05) is 12.4 Å². The number of allylic oxidation sites excluding steroid dienone is 4. The molecule has 1 heterocycles. The zero-order valence-corrected chi connectivity index (χ0v) is 35.4. The Bertz CT molecular complexity index is 1520. The van der Waals surface area contributed by atoms with Gasteiger partial charge in [0.05, 0.1) is 7.11 Å². The summed E-state index contributed by atoms with van der Waals surface area (Å²) >= 11 is 1.80. The van der Waals surface area contributed by atoms with Gasteiger partial charge < -0.3 is 10.1 Å². The van der Waals surface area contributed by atoms with Gasteiger partial charge in [-0.05, 0) is 135 Å². The minimum Gasteiger partial charge on any atom is -0.496 e. The van der Waals surface area contributed by atoms with Gasteiger partial charge in [-0.1, -0.05) is 108 Å². The molecule has 0 aliphatic rings. The SMILES string of the molecule is C=C(CCc1ccccc1C)Nc1cccc(-c2csc(/C(C)=C(/C)P)c2)c1.C=CC.CC.CC.CCC.COc1cc(C)cc(C)c1C. The number of rotatable bonds is 8. The van der Waals surface area contributed by atoms with Crippen molar-refractivity contribution in [1.29, 1.82) is 0 Å². The first-order valence-corrected chi connectivity index (χ1v) is 19.2. The molecule has 0 saturated heterocycles. The van der Waals surface area contributed by atoms with Gasteiger partial charge in [0.1, 0.15) is 5.75 Å². The van der Waals surface area contributed by atoms with Crippen LogP contribution in [0.4, 0.5) is 5.69 Å². The van der Waals surface area contributed by atoms with E-state index in [2.05, 4.69) is 155 Å². The number of nitrogens with one attached hydrogen (secondary N) is 1. The largest absolute Gasteiger partial charge is 0.496 e. The number of anilines is 1. The number of hydrogen-bond acceptors (Lipinski definition) is 3. The molecular weight excluding hydrogens is 634 g/mol. The van der Waals surface area contributed by atoms with Crippen molar-refractivity contribution in [3.8, 4) is 16.9 Å². The summed E-state index contributed by atoms with van der Waals surface area (Å²) in [5.74, 6) is 0.988. The molecule has 0 bridgehead atoms. The van der Waals surface area contributed by atoms with E-state index in [4.69, 9.17) is 4.74 Å². The van der Waals surface area contributed by atoms with Crippen LogP contribution < -0.4 is 10.1 Å². The van der Waals surface area contributed by atoms with E-state index in [-0.39, 0.29) is 0 Å². The van der Waals surface area contributed by atoms with Crippen LogP contribution in [-0.4, -0.2) is 7.11 Å². The molecule has 0 saturated carbocycles. The van der Waals surface area contributed by atoms with Crippen molar-refractivity contribution in [3.63, 3.8) is 0 Å². The Hall–Kier alpha value is -3.39. The molecule has 49 heavy (non-hydrogen) atoms. The van der Waals surface area contributed by atoms with Crippen LogP contribution in [0.1, 0.15) is 108 Å². The number of ether oxygens (including phenoxy) is 1. The van der Waals surface area contributed by atoms with Crippen LogP contribution >= 0.6 is 20.6 Å². The second-order valence-electron chi connectivity index (χ2n) is 11.3. The predicted molar refractivity (Wildman–Crippen MR) is 232 cm³/mol. The maximum Gasteiger partial charge on any atom is 0.122 e. The number of methoxy groups -OCH3 is 1. The first kappa shape index (κ1) is 47.7. The van der Waals surface area contributed by atoms with E-state index in [1.54, 1.807) is 24.5 Å². The average molecular weight is 702 g/mol. The zero-order valence-electron chi connectivity index (χ0n) is 33.4. The smallest absolute Gasteiger partial charge is 0.122 e. The van der Waals surface area contributed by atoms with E-state index in [0.29, 0.717) is 0 Å². The van der Waals surface area contributed by atoms with Crippen LogP contribution in [-0.2, 0) is 6.42 Å². The lowest BCUT2D eigenvalue weighted by molar-refractivity contribution is 0.411. The monoisotopic (exact) mass is 701 g/mol. The molecule has 1 unspecified atom stereocenters. The molecule has 4 rings (SSSR count). The summed E-state index contributed by atoms with van der Waals surface area (Å²) in [6.45, 7) is 34.5. The number of aryl methyl sites for hydroxylation is 4. The van der Waals surface area contributed by atoms with Crippen molar-refractivity contribution in [1.82, 2.24) is 0 Å². The Morgan fingerprint density at radius 2 is 1.45 bits per heavy atom. The Balaban J connectivity index is 0. The number of thiophene rings is 1. The van der Waals surface area contributed by atoms with Gasteiger partial charge in [0.2, 0.25) is 0 Å². The summed E-state index contributed by atoms with van der Waals surface area (Å²) in [4.78, 5) is 1.32. The molecule has 0 aliphatic heterocycles. The van der Waals surface area contributed by atoms with Crippen LogP contribution in [0.25, 0.3) is 16.7 Å². The van der Waals surface area contributed by atoms with Crippen LogP contribution in [0.15, 0.2) is 102 Å². The van der Waals surface area contributed by atoms with Crippen molar-refractivity contribution >= 4 is 31.8 Å². The van der Waals surface area contributed by atoms with Gasteiger partial charge in [-0.2, -0.15) is 0 Å². The molecule has 0 radical (unpaired) electrons. The highest BCUT2D eigenvalue weighted by molar-refractivity contribution is 7.23. The number of hydrogen-bond donors (Lipinski definition) is 1. The van der Waals surface area contributed by atoms with E-state index in [9.17, 15) is 0 Å². The van der Waals surface area contributed by atoms with E-state index in [0.717, 1.165) is 30.0 Å². The van der Waals surface area contributed by atoms with Crippen LogP contribution in [0.2, 0.25) is 0 Å². The standard InChI is InChI=1S/C25H28NPS.C10H14O.C3H8.C3H6.2C2H6/c1-17-8-5-6-9-21(17)13-12-18(2)26-24-11-7-10-22(14-24)23-15-25(28-16-23)19(3)20(4)27;1-7-5-8(2)9(3)10(6-7)11-4;2*1-3-2;2*1-2/h5-11,14-16,26H,2,12-13,27H2,1,3-4H3;5-6H,1-4H3;3H2,1-2H3;3H,1H2,2H3;2*1-2H3/b20-19-;;;;;. The first-order valence-electron chi connectivity index (χ1n) is 17.7. The second kappa shape index (κ2) is 28.4. The lowest BCUT2D eigenvalue weighted by atomic mass is 10.0. The number of benzene rings is 3. The molecule has 1 atom stereocenters. The fraction of sp³-hybridized carbons (Fsp3) is 0.378. The molecule has 1 aromatic heterocycles. The van der Waals surface area contributed by atoms with Crippen molar-refractivity contribution in [3.05, 3.63) is 135 Å². The Labute approximate surface area is 309 Å². The highest BCUT2D eigenvalue weighted by Gasteiger charge is 2.07. The van der Waals surface area contributed by atoms with E-state index < -0.39 is 0 Å². The molecule has 0 aliphatic carbocycles. The fourth-order valence-corrected chi connectivity index (χ4v) is 5.56. The van der Waals surface area contributed by atoms with Crippen LogP contribution in [0.5, 0.6) is 5.75 Å². The molecule has 0 spiro atoms. The third-order valence-electron chi connectivity index (χ3n) is 7.02. The lowest BCUT2D eigenvalue weighted by Gasteiger charge is -2.12. The summed E-state index contributed by atoms with van der Waals surface area (Å²) in [6.07, 6.45) is 4.93. The Morgan fingerprint density at radius 3 is 2.00 bits per heavy atom. The molecule has 2 nitrogen and oxygen atoms in total. The average Bonchev–Trinajstić information content (AvgIpc) is 3.59. The van der Waals surface area contributed by atoms with Crippen molar-refractivity contribution in [2.24, 2.45) is 0 Å². The van der Waals surface area contributed by atoms with Gasteiger partial charge >= 0.3 is 0 Å². The molecule has 1 N–H and O–H groups in total. The molecule has 4 aromatic rings. The van der Waals surface area contributed by atoms with Crippen LogP contribution in [0.3, 0.4) is 0 Å². The highest BCUT2D eigenvalue weighted by Crippen LogP contribution is 2.33. The zero-order chi connectivity index (χ0) is 37.9. The van der Waals surface area contributed by atoms with Crippen molar-refractivity contribution in [2.45, 2.75) is 109 Å². The lowest BCUT2D eigenvalue weighted by Crippen LogP contribution is -2.00. The first-order chi connectivity index (χ1) is 23.4. The van der Waals surface area contributed by atoms with Crippen molar-refractivity contribution < 1.29 is 4.74 Å². The Morgan fingerprint density at radius 1 is 0.857 bits per heavy atom. The van der Waals surface area contributed by atoms with Gasteiger partial charge in [-0.3, -0.25) is 0 Å². The molecule has 4 heteroatoms. The summed E-state index contributed by atoms with van der Waals surface area (Å²) < 4.78 is 5.21. The van der Waals surface area contributed by atoms with E-state index in [1.807, 2.05) is 34.6 Å². The van der Waals surface area contributed by atoms with Gasteiger partial charge in [-0.25, -0.2) is 0 Å². The van der Waals surface area contributed by atoms with Gasteiger partial charge in [0, 0.05) is 16.3 Å². The minimum atomic E-state index is 0.926. The summed E-state index contributed by atoms with van der Waals surface area (Å²) in [5, 5.41) is 7.01. The molecule has 270 valence electrons. The predicted octanol–water partition coefficient (Wildman–Crippen LogP) is 15.2. The summed E-state index contributed by atoms with van der Waals surface area (Å²) in [6, 6.07) is 23.6. The summed E-state index contributed by atoms with van der Waals surface area (Å²) in [7, 11) is 4.51. The quantitative estimate of drug-likeness (QED) is 0.146. The summed E-state index contributed by atoms with van der Waals surface area (Å²) in [5.41, 5.74) is 12.5. The minimum absolute atomic E-state index is 0.926. The second-order valence-corrected chi connectivity index (χ2v) is 13.0. The molecule has 0 fully saturated rings. The van der Waals surface area contributed by atoms with Gasteiger partial charge in [0.25, 0.3) is 0 Å². The van der Waals surface area contributed by atoms with E-state index in [1.165, 1.54) is 61.1 Å². The van der Waals surface area contributed by atoms with Crippen LogP contribution in [0, 0.1) is 27.7 Å². The molecule has 3 aromatic carbocycles. The molecular formula is C45H68NOPS. The normalized spacial score (nSPS) is 9.86. The van der Waals surface area contributed by atoms with E-state index >= 15 is 0 Å². The maximum absolute atomic E-state index is 5.21. The topological polar surface area (TPSA) is 21.3 Å². The third kappa shape index (κ3) is 18.8. The highest BCUT2D eigenvalue weighted by atomic mass is 32.1. The Kier molecular flexibility index (Phi) is 27.7. The van der Waals surface area contributed by atoms with Gasteiger partial charge in [0.15, 0.2) is 0 Å². The third-order valence-corrected chi connectivity index (χ3v) is 8.50.